The van der Waals surface area contributed by atoms with Crippen LogP contribution in [0.25, 0.3) is 10.2 Å². The number of thiazole rings is 1. The largest absolute Gasteiger partial charge is 0.376 e. The fraction of sp³-hybridized carbons (Fsp3) is 0.300. The lowest BCUT2D eigenvalue weighted by Crippen LogP contribution is -2.38. The standard InChI is InChI=1S/C20H19FN2O2S2/c21-14-7-9-16(10-8-14)26-13-19(24)23(12-15-4-3-11-25-15)20-22-17-5-1-2-6-18(17)27-20/h1-2,5-10,15H,3-4,11-13H2/t15-/m1/s1. The van der Waals surface area contributed by atoms with Crippen LogP contribution >= 0.6 is 23.1 Å². The average molecular weight is 403 g/mol. The molecule has 0 aliphatic carbocycles. The lowest BCUT2D eigenvalue weighted by atomic mass is 10.2. The number of carbonyl (C=O) groups is 1. The van der Waals surface area contributed by atoms with Crippen molar-refractivity contribution in [1.82, 2.24) is 4.98 Å². The predicted molar refractivity (Wildman–Crippen MR) is 108 cm³/mol. The summed E-state index contributed by atoms with van der Waals surface area (Å²) in [4.78, 5) is 20.3. The average Bonchev–Trinajstić information content (AvgIpc) is 3.34. The number of thioether (sulfide) groups is 1. The van der Waals surface area contributed by atoms with Crippen molar-refractivity contribution < 1.29 is 13.9 Å². The van der Waals surface area contributed by atoms with Crippen LogP contribution in [-0.4, -0.2) is 35.9 Å². The summed E-state index contributed by atoms with van der Waals surface area (Å²) in [5.74, 6) is -0.0205. The van der Waals surface area contributed by atoms with E-state index in [9.17, 15) is 9.18 Å². The fourth-order valence-corrected chi connectivity index (χ4v) is 4.77. The number of benzene rings is 2. The van der Waals surface area contributed by atoms with Crippen molar-refractivity contribution in [2.75, 3.05) is 23.8 Å². The van der Waals surface area contributed by atoms with Crippen molar-refractivity contribution in [1.29, 1.82) is 0 Å². The van der Waals surface area contributed by atoms with E-state index < -0.39 is 0 Å². The van der Waals surface area contributed by atoms with Crippen molar-refractivity contribution in [2.24, 2.45) is 0 Å². The maximum atomic E-state index is 13.1. The number of nitrogens with zero attached hydrogens (tertiary/aromatic N) is 2. The Balaban J connectivity index is 1.52. The number of amides is 1. The predicted octanol–water partition coefficient (Wildman–Crippen LogP) is 4.74. The smallest absolute Gasteiger partial charge is 0.239 e. The van der Waals surface area contributed by atoms with Crippen molar-refractivity contribution in [3.05, 3.63) is 54.3 Å². The number of rotatable bonds is 6. The van der Waals surface area contributed by atoms with Gasteiger partial charge in [0, 0.05) is 11.5 Å². The molecule has 0 saturated carbocycles. The zero-order chi connectivity index (χ0) is 18.6. The van der Waals surface area contributed by atoms with E-state index in [-0.39, 0.29) is 23.6 Å². The number of ether oxygens (including phenoxy) is 1. The first-order valence-corrected chi connectivity index (χ1v) is 10.7. The molecule has 1 atom stereocenters. The van der Waals surface area contributed by atoms with Gasteiger partial charge in [0.2, 0.25) is 5.91 Å². The minimum Gasteiger partial charge on any atom is -0.376 e. The van der Waals surface area contributed by atoms with Crippen LogP contribution < -0.4 is 4.90 Å². The first kappa shape index (κ1) is 18.4. The van der Waals surface area contributed by atoms with Crippen LogP contribution in [0.2, 0.25) is 0 Å². The Morgan fingerprint density at radius 1 is 1.26 bits per heavy atom. The third-order valence-electron chi connectivity index (χ3n) is 4.40. The van der Waals surface area contributed by atoms with Gasteiger partial charge in [0.1, 0.15) is 5.82 Å². The molecule has 1 aromatic heterocycles. The number of carbonyl (C=O) groups excluding carboxylic acids is 1. The zero-order valence-corrected chi connectivity index (χ0v) is 16.3. The summed E-state index contributed by atoms with van der Waals surface area (Å²) in [6.07, 6.45) is 2.04. The second-order valence-corrected chi connectivity index (χ2v) is 8.40. The lowest BCUT2D eigenvalue weighted by molar-refractivity contribution is -0.116. The molecule has 1 fully saturated rings. The number of hydrogen-bond donors (Lipinski definition) is 0. The van der Waals surface area contributed by atoms with Crippen molar-refractivity contribution in [3.8, 4) is 0 Å². The molecule has 2 aromatic carbocycles. The van der Waals surface area contributed by atoms with Crippen LogP contribution in [0.5, 0.6) is 0 Å². The highest BCUT2D eigenvalue weighted by atomic mass is 32.2. The molecule has 2 heterocycles. The molecule has 0 spiro atoms. The van der Waals surface area contributed by atoms with Crippen LogP contribution in [0.1, 0.15) is 12.8 Å². The molecule has 0 unspecified atom stereocenters. The van der Waals surface area contributed by atoms with Gasteiger partial charge in [-0.1, -0.05) is 23.5 Å². The Bertz CT molecular complexity index is 890. The van der Waals surface area contributed by atoms with E-state index in [1.165, 1.54) is 35.2 Å². The SMILES string of the molecule is O=C(CSc1ccc(F)cc1)N(C[C@H]1CCCO1)c1nc2ccccc2s1. The highest BCUT2D eigenvalue weighted by molar-refractivity contribution is 8.00. The quantitative estimate of drug-likeness (QED) is 0.559. The maximum Gasteiger partial charge on any atom is 0.239 e. The van der Waals surface area contributed by atoms with Crippen LogP contribution in [-0.2, 0) is 9.53 Å². The van der Waals surface area contributed by atoms with E-state index in [2.05, 4.69) is 4.98 Å². The minimum atomic E-state index is -0.278. The third-order valence-corrected chi connectivity index (χ3v) is 6.46. The molecular formula is C20H19FN2O2S2. The van der Waals surface area contributed by atoms with Gasteiger partial charge in [-0.15, -0.1) is 11.8 Å². The molecule has 1 aliphatic rings. The summed E-state index contributed by atoms with van der Waals surface area (Å²) in [7, 11) is 0. The molecule has 7 heteroatoms. The lowest BCUT2D eigenvalue weighted by Gasteiger charge is -2.23. The first-order chi connectivity index (χ1) is 13.2. The normalized spacial score (nSPS) is 16.7. The van der Waals surface area contributed by atoms with E-state index in [0.717, 1.165) is 34.6 Å². The van der Waals surface area contributed by atoms with Crippen LogP contribution in [0.3, 0.4) is 0 Å². The Labute approximate surface area is 165 Å². The summed E-state index contributed by atoms with van der Waals surface area (Å²) in [5.41, 5.74) is 0.897. The summed E-state index contributed by atoms with van der Waals surface area (Å²) >= 11 is 2.92. The second-order valence-electron chi connectivity index (χ2n) is 6.35. The third kappa shape index (κ3) is 4.48. The molecule has 0 bridgehead atoms. The number of para-hydroxylation sites is 1. The van der Waals surface area contributed by atoms with Gasteiger partial charge in [-0.3, -0.25) is 9.69 Å². The molecule has 4 rings (SSSR count). The second kappa shape index (κ2) is 8.37. The summed E-state index contributed by atoms with van der Waals surface area (Å²) in [6, 6.07) is 14.1. The Hall–Kier alpha value is -1.96. The van der Waals surface area contributed by atoms with Crippen molar-refractivity contribution >= 4 is 44.4 Å². The molecule has 4 nitrogen and oxygen atoms in total. The maximum absolute atomic E-state index is 13.1. The van der Waals surface area contributed by atoms with Crippen LogP contribution in [0, 0.1) is 5.82 Å². The van der Waals surface area contributed by atoms with Crippen LogP contribution in [0.15, 0.2) is 53.4 Å². The van der Waals surface area contributed by atoms with E-state index in [4.69, 9.17) is 4.74 Å². The molecule has 140 valence electrons. The fourth-order valence-electron chi connectivity index (χ4n) is 3.01. The Kier molecular flexibility index (Phi) is 5.71. The number of fused-ring (bicyclic) bond motifs is 1. The van der Waals surface area contributed by atoms with Crippen molar-refractivity contribution in [3.63, 3.8) is 0 Å². The van der Waals surface area contributed by atoms with E-state index in [1.54, 1.807) is 17.0 Å². The van der Waals surface area contributed by atoms with Gasteiger partial charge in [-0.25, -0.2) is 9.37 Å². The Morgan fingerprint density at radius 3 is 2.81 bits per heavy atom. The van der Waals surface area contributed by atoms with Gasteiger partial charge < -0.3 is 4.74 Å². The van der Waals surface area contributed by atoms with Gasteiger partial charge in [-0.05, 0) is 49.2 Å². The summed E-state index contributed by atoms with van der Waals surface area (Å²) < 4.78 is 19.9. The highest BCUT2D eigenvalue weighted by Crippen LogP contribution is 2.30. The topological polar surface area (TPSA) is 42.4 Å². The molecule has 0 radical (unpaired) electrons. The van der Waals surface area contributed by atoms with Crippen molar-refractivity contribution in [2.45, 2.75) is 23.8 Å². The first-order valence-electron chi connectivity index (χ1n) is 8.85. The zero-order valence-electron chi connectivity index (χ0n) is 14.6. The van der Waals surface area contributed by atoms with Gasteiger partial charge >= 0.3 is 0 Å². The van der Waals surface area contributed by atoms with Gasteiger partial charge in [0.15, 0.2) is 5.13 Å². The molecule has 1 aliphatic heterocycles. The number of anilines is 1. The molecule has 0 N–H and O–H groups in total. The van der Waals surface area contributed by atoms with Gasteiger partial charge in [0.05, 0.1) is 28.6 Å². The van der Waals surface area contributed by atoms with Gasteiger partial charge in [0.25, 0.3) is 0 Å². The molecule has 1 amide bonds. The Morgan fingerprint density at radius 2 is 2.07 bits per heavy atom. The molecular weight excluding hydrogens is 383 g/mol. The van der Waals surface area contributed by atoms with E-state index in [0.29, 0.717) is 11.7 Å². The summed E-state index contributed by atoms with van der Waals surface area (Å²) in [6.45, 7) is 1.26. The number of halogens is 1. The minimum absolute atomic E-state index is 0.0149. The van der Waals surface area contributed by atoms with Gasteiger partial charge in [-0.2, -0.15) is 0 Å². The van der Waals surface area contributed by atoms with E-state index >= 15 is 0 Å². The molecule has 3 aromatic rings. The highest BCUT2D eigenvalue weighted by Gasteiger charge is 2.26. The monoisotopic (exact) mass is 402 g/mol. The van der Waals surface area contributed by atoms with Crippen LogP contribution in [0.4, 0.5) is 9.52 Å². The molecule has 1 saturated heterocycles. The van der Waals surface area contributed by atoms with E-state index in [1.807, 2.05) is 24.3 Å². The molecule has 27 heavy (non-hydrogen) atoms. The number of hydrogen-bond acceptors (Lipinski definition) is 5. The number of aromatic nitrogens is 1. The summed E-state index contributed by atoms with van der Waals surface area (Å²) in [5, 5.41) is 0.705.